The summed E-state index contributed by atoms with van der Waals surface area (Å²) >= 11 is 1.08. The molecule has 10 heavy (non-hydrogen) atoms. The van der Waals surface area contributed by atoms with Gasteiger partial charge in [-0.3, -0.25) is 4.79 Å². The van der Waals surface area contributed by atoms with Crippen LogP contribution >= 0.6 is 11.8 Å². The molecule has 0 bridgehead atoms. The van der Waals surface area contributed by atoms with Gasteiger partial charge in [0.1, 0.15) is 0 Å². The van der Waals surface area contributed by atoms with Gasteiger partial charge in [-0.25, -0.2) is 0 Å². The lowest BCUT2D eigenvalue weighted by Gasteiger charge is -1.82. The fourth-order valence-corrected chi connectivity index (χ4v) is 0.742. The minimum atomic E-state index is 0.0731. The minimum Gasteiger partial charge on any atom is -0.287 e. The van der Waals surface area contributed by atoms with Crippen molar-refractivity contribution in [1.82, 2.24) is 0 Å². The average molecular weight is 156 g/mol. The standard InChI is InChI=1S/C8H12OS/c1-3-4-5-6-7-10-8(2)9/h3-5H2,1-2H3. The summed E-state index contributed by atoms with van der Waals surface area (Å²) < 4.78 is 0. The van der Waals surface area contributed by atoms with Crippen molar-refractivity contribution in [3.8, 4) is 11.2 Å². The Morgan fingerprint density at radius 2 is 2.30 bits per heavy atom. The molecule has 0 spiro atoms. The second-order valence-corrected chi connectivity index (χ2v) is 2.96. The van der Waals surface area contributed by atoms with E-state index in [0.717, 1.165) is 24.6 Å². The molecule has 0 radical (unpaired) electrons. The molecule has 2 heteroatoms. The minimum absolute atomic E-state index is 0.0731. The van der Waals surface area contributed by atoms with Gasteiger partial charge in [0.05, 0.1) is 0 Å². The van der Waals surface area contributed by atoms with E-state index in [1.807, 2.05) is 0 Å². The number of thioether (sulfide) groups is 1. The largest absolute Gasteiger partial charge is 0.287 e. The van der Waals surface area contributed by atoms with Crippen LogP contribution in [0.15, 0.2) is 0 Å². The van der Waals surface area contributed by atoms with Gasteiger partial charge in [-0.15, -0.1) is 0 Å². The van der Waals surface area contributed by atoms with Gasteiger partial charge in [0.15, 0.2) is 5.12 Å². The van der Waals surface area contributed by atoms with Crippen LogP contribution in [-0.2, 0) is 4.79 Å². The molecule has 0 aliphatic rings. The summed E-state index contributed by atoms with van der Waals surface area (Å²) in [6.45, 7) is 3.65. The number of rotatable bonds is 2. The molecule has 0 N–H and O–H groups in total. The number of hydrogen-bond acceptors (Lipinski definition) is 2. The van der Waals surface area contributed by atoms with Crippen LogP contribution in [0.3, 0.4) is 0 Å². The first-order valence-electron chi connectivity index (χ1n) is 3.42. The first kappa shape index (κ1) is 9.58. The maximum atomic E-state index is 10.3. The van der Waals surface area contributed by atoms with Crippen LogP contribution in [0.4, 0.5) is 0 Å². The Bertz CT molecular complexity index is 152. The molecule has 0 heterocycles. The van der Waals surface area contributed by atoms with E-state index in [4.69, 9.17) is 0 Å². The predicted molar refractivity (Wildman–Crippen MR) is 45.6 cm³/mol. The zero-order chi connectivity index (χ0) is 7.82. The Morgan fingerprint density at radius 3 is 2.80 bits per heavy atom. The monoisotopic (exact) mass is 156 g/mol. The second-order valence-electron chi connectivity index (χ2n) is 1.98. The molecule has 0 saturated heterocycles. The second kappa shape index (κ2) is 6.70. The molecule has 0 aliphatic heterocycles. The SMILES string of the molecule is CCCCC#CSC(C)=O. The highest BCUT2D eigenvalue weighted by Crippen LogP contribution is 1.98. The third-order valence-electron chi connectivity index (χ3n) is 0.922. The first-order chi connectivity index (χ1) is 4.77. The number of hydrogen-bond donors (Lipinski definition) is 0. The molecule has 0 atom stereocenters. The summed E-state index contributed by atoms with van der Waals surface area (Å²) in [7, 11) is 0. The quantitative estimate of drug-likeness (QED) is 0.451. The van der Waals surface area contributed by atoms with Crippen molar-refractivity contribution in [1.29, 1.82) is 0 Å². The van der Waals surface area contributed by atoms with Crippen LogP contribution in [0.25, 0.3) is 0 Å². The van der Waals surface area contributed by atoms with Gasteiger partial charge in [0.25, 0.3) is 0 Å². The lowest BCUT2D eigenvalue weighted by atomic mass is 10.3. The summed E-state index contributed by atoms with van der Waals surface area (Å²) in [5, 5.41) is 2.81. The van der Waals surface area contributed by atoms with Crippen molar-refractivity contribution in [2.45, 2.75) is 33.1 Å². The van der Waals surface area contributed by atoms with Crippen molar-refractivity contribution in [2.75, 3.05) is 0 Å². The highest BCUT2D eigenvalue weighted by atomic mass is 32.2. The van der Waals surface area contributed by atoms with E-state index in [1.165, 1.54) is 13.3 Å². The lowest BCUT2D eigenvalue weighted by molar-refractivity contribution is -0.109. The van der Waals surface area contributed by atoms with E-state index in [-0.39, 0.29) is 5.12 Å². The van der Waals surface area contributed by atoms with Crippen molar-refractivity contribution < 1.29 is 4.79 Å². The summed E-state index contributed by atoms with van der Waals surface area (Å²) in [4.78, 5) is 10.3. The van der Waals surface area contributed by atoms with E-state index in [0.29, 0.717) is 0 Å². The van der Waals surface area contributed by atoms with Gasteiger partial charge in [-0.05, 0) is 23.4 Å². The van der Waals surface area contributed by atoms with Crippen LogP contribution < -0.4 is 0 Å². The predicted octanol–water partition coefficient (Wildman–Crippen LogP) is 2.42. The molecule has 0 aromatic carbocycles. The molecular weight excluding hydrogens is 144 g/mol. The Kier molecular flexibility index (Phi) is 6.42. The summed E-state index contributed by atoms with van der Waals surface area (Å²) in [5.41, 5.74) is 0. The molecule has 0 saturated carbocycles. The zero-order valence-corrected chi connectivity index (χ0v) is 7.25. The molecular formula is C8H12OS. The normalized spacial score (nSPS) is 8.20. The van der Waals surface area contributed by atoms with E-state index in [1.54, 1.807) is 0 Å². The molecule has 0 aliphatic carbocycles. The van der Waals surface area contributed by atoms with E-state index >= 15 is 0 Å². The molecule has 0 amide bonds. The van der Waals surface area contributed by atoms with Crippen LogP contribution in [-0.4, -0.2) is 5.12 Å². The molecule has 0 aromatic heterocycles. The zero-order valence-electron chi connectivity index (χ0n) is 6.44. The third kappa shape index (κ3) is 7.58. The van der Waals surface area contributed by atoms with Gasteiger partial charge in [0, 0.05) is 13.3 Å². The summed E-state index contributed by atoms with van der Waals surface area (Å²) in [5.74, 6) is 2.91. The maximum absolute atomic E-state index is 10.3. The van der Waals surface area contributed by atoms with Crippen LogP contribution in [0.2, 0.25) is 0 Å². The molecule has 0 rings (SSSR count). The van der Waals surface area contributed by atoms with Gasteiger partial charge < -0.3 is 0 Å². The van der Waals surface area contributed by atoms with Gasteiger partial charge in [-0.2, -0.15) is 0 Å². The fourth-order valence-electron chi connectivity index (χ4n) is 0.424. The number of carbonyl (C=O) groups is 1. The first-order valence-corrected chi connectivity index (χ1v) is 4.24. The average Bonchev–Trinajstić information content (AvgIpc) is 1.87. The summed E-state index contributed by atoms with van der Waals surface area (Å²) in [6, 6.07) is 0. The Balaban J connectivity index is 3.23. The molecule has 0 aromatic rings. The highest BCUT2D eigenvalue weighted by Gasteiger charge is 1.84. The van der Waals surface area contributed by atoms with Crippen molar-refractivity contribution in [3.63, 3.8) is 0 Å². The third-order valence-corrected chi connectivity index (χ3v) is 1.46. The molecule has 1 nitrogen and oxygen atoms in total. The lowest BCUT2D eigenvalue weighted by Crippen LogP contribution is -1.74. The van der Waals surface area contributed by atoms with Gasteiger partial charge >= 0.3 is 0 Å². The smallest absolute Gasteiger partial charge is 0.198 e. The topological polar surface area (TPSA) is 17.1 Å². The molecule has 56 valence electrons. The Hall–Kier alpha value is -0.420. The van der Waals surface area contributed by atoms with Gasteiger partial charge in [-0.1, -0.05) is 19.3 Å². The Morgan fingerprint density at radius 1 is 1.60 bits per heavy atom. The van der Waals surface area contributed by atoms with Crippen molar-refractivity contribution in [2.24, 2.45) is 0 Å². The van der Waals surface area contributed by atoms with Crippen LogP contribution in [0.5, 0.6) is 0 Å². The molecule has 0 fully saturated rings. The fraction of sp³-hybridized carbons (Fsp3) is 0.625. The molecule has 0 unspecified atom stereocenters. The van der Waals surface area contributed by atoms with Crippen molar-refractivity contribution in [3.05, 3.63) is 0 Å². The van der Waals surface area contributed by atoms with E-state index in [9.17, 15) is 4.79 Å². The van der Waals surface area contributed by atoms with Crippen LogP contribution in [0, 0.1) is 11.2 Å². The van der Waals surface area contributed by atoms with Crippen molar-refractivity contribution >= 4 is 16.9 Å². The number of carbonyl (C=O) groups excluding carboxylic acids is 1. The van der Waals surface area contributed by atoms with Gasteiger partial charge in [0.2, 0.25) is 0 Å². The van der Waals surface area contributed by atoms with E-state index in [2.05, 4.69) is 18.1 Å². The number of unbranched alkanes of at least 4 members (excludes halogenated alkanes) is 2. The van der Waals surface area contributed by atoms with Crippen LogP contribution in [0.1, 0.15) is 33.1 Å². The maximum Gasteiger partial charge on any atom is 0.198 e. The Labute approximate surface area is 66.6 Å². The summed E-state index contributed by atoms with van der Waals surface area (Å²) in [6.07, 6.45) is 3.21. The highest BCUT2D eigenvalue weighted by molar-refractivity contribution is 8.17. The van der Waals surface area contributed by atoms with E-state index < -0.39 is 0 Å².